The molecule has 94 valence electrons. The van der Waals surface area contributed by atoms with Gasteiger partial charge in [0.05, 0.1) is 11.7 Å². The van der Waals surface area contributed by atoms with Crippen LogP contribution in [0.5, 0.6) is 0 Å². The van der Waals surface area contributed by atoms with Crippen LogP contribution in [0.1, 0.15) is 29.8 Å². The van der Waals surface area contributed by atoms with Gasteiger partial charge in [0.25, 0.3) is 0 Å². The molecule has 0 aliphatic rings. The third-order valence-corrected chi connectivity index (χ3v) is 2.90. The lowest BCUT2D eigenvalue weighted by Gasteiger charge is -2.15. The number of halogens is 2. The lowest BCUT2D eigenvalue weighted by atomic mass is 9.99. The minimum atomic E-state index is -0.892. The molecule has 4 heteroatoms. The van der Waals surface area contributed by atoms with Crippen LogP contribution in [0, 0.1) is 11.6 Å². The van der Waals surface area contributed by atoms with E-state index in [1.165, 1.54) is 6.07 Å². The molecule has 0 fully saturated rings. The SMILES string of the molecule is CCc1cccnc1C(N)c1ccc(F)c(F)c1. The summed E-state index contributed by atoms with van der Waals surface area (Å²) in [5, 5.41) is 0. The van der Waals surface area contributed by atoms with Crippen LogP contribution in [0.4, 0.5) is 8.78 Å². The first-order valence-electron chi connectivity index (χ1n) is 5.77. The monoisotopic (exact) mass is 248 g/mol. The van der Waals surface area contributed by atoms with Gasteiger partial charge in [-0.05, 0) is 35.7 Å². The van der Waals surface area contributed by atoms with Crippen LogP contribution < -0.4 is 5.73 Å². The summed E-state index contributed by atoms with van der Waals surface area (Å²) in [4.78, 5) is 4.24. The Kier molecular flexibility index (Phi) is 3.67. The van der Waals surface area contributed by atoms with Crippen molar-refractivity contribution in [2.75, 3.05) is 0 Å². The minimum absolute atomic E-state index is 0.516. The number of hydrogen-bond donors (Lipinski definition) is 1. The maximum atomic E-state index is 13.2. The highest BCUT2D eigenvalue weighted by Gasteiger charge is 2.15. The van der Waals surface area contributed by atoms with Crippen LogP contribution in [0.3, 0.4) is 0 Å². The number of benzene rings is 1. The van der Waals surface area contributed by atoms with Gasteiger partial charge in [0.1, 0.15) is 0 Å². The standard InChI is InChI=1S/C14H14F2N2/c1-2-9-4-3-7-18-14(9)13(17)10-5-6-11(15)12(16)8-10/h3-8,13H,2,17H2,1H3. The van der Waals surface area contributed by atoms with Crippen molar-refractivity contribution in [3.8, 4) is 0 Å². The number of aromatic nitrogens is 1. The van der Waals surface area contributed by atoms with Gasteiger partial charge in [0.15, 0.2) is 11.6 Å². The predicted molar refractivity (Wildman–Crippen MR) is 66.0 cm³/mol. The second-order valence-corrected chi connectivity index (χ2v) is 4.05. The van der Waals surface area contributed by atoms with Crippen LogP contribution in [0.25, 0.3) is 0 Å². The minimum Gasteiger partial charge on any atom is -0.319 e. The van der Waals surface area contributed by atoms with Gasteiger partial charge in [-0.2, -0.15) is 0 Å². The van der Waals surface area contributed by atoms with E-state index in [4.69, 9.17) is 5.73 Å². The Morgan fingerprint density at radius 2 is 2.00 bits per heavy atom. The van der Waals surface area contributed by atoms with Gasteiger partial charge in [0, 0.05) is 6.20 Å². The Balaban J connectivity index is 2.41. The maximum absolute atomic E-state index is 13.2. The molecule has 1 unspecified atom stereocenters. The van der Waals surface area contributed by atoms with Crippen LogP contribution in [-0.4, -0.2) is 4.98 Å². The highest BCUT2D eigenvalue weighted by atomic mass is 19.2. The normalized spacial score (nSPS) is 12.4. The summed E-state index contributed by atoms with van der Waals surface area (Å²) in [6, 6.07) is 6.91. The van der Waals surface area contributed by atoms with E-state index in [9.17, 15) is 8.78 Å². The third kappa shape index (κ3) is 2.38. The Labute approximate surface area is 104 Å². The summed E-state index contributed by atoms with van der Waals surface area (Å²) in [6.45, 7) is 2.00. The highest BCUT2D eigenvalue weighted by molar-refractivity contribution is 5.32. The number of nitrogens with two attached hydrogens (primary N) is 1. The van der Waals surface area contributed by atoms with Gasteiger partial charge in [-0.25, -0.2) is 8.78 Å². The average molecular weight is 248 g/mol. The van der Waals surface area contributed by atoms with Crippen molar-refractivity contribution in [2.45, 2.75) is 19.4 Å². The predicted octanol–water partition coefficient (Wildman–Crippen LogP) is 2.97. The number of nitrogens with zero attached hydrogens (tertiary/aromatic N) is 1. The largest absolute Gasteiger partial charge is 0.319 e. The highest BCUT2D eigenvalue weighted by Crippen LogP contribution is 2.22. The second kappa shape index (κ2) is 5.23. The molecule has 2 rings (SSSR count). The number of rotatable bonds is 3. The van der Waals surface area contributed by atoms with E-state index >= 15 is 0 Å². The molecule has 18 heavy (non-hydrogen) atoms. The Hall–Kier alpha value is -1.81. The lowest BCUT2D eigenvalue weighted by Crippen LogP contribution is -2.16. The summed E-state index contributed by atoms with van der Waals surface area (Å²) in [7, 11) is 0. The second-order valence-electron chi connectivity index (χ2n) is 4.05. The van der Waals surface area contributed by atoms with Crippen LogP contribution in [0.2, 0.25) is 0 Å². The zero-order chi connectivity index (χ0) is 13.1. The molecular formula is C14H14F2N2. The smallest absolute Gasteiger partial charge is 0.159 e. The molecule has 2 aromatic rings. The van der Waals surface area contributed by atoms with E-state index in [-0.39, 0.29) is 0 Å². The van der Waals surface area contributed by atoms with Crippen molar-refractivity contribution in [2.24, 2.45) is 5.73 Å². The van der Waals surface area contributed by atoms with Crippen molar-refractivity contribution in [3.05, 3.63) is 65.0 Å². The molecule has 2 nitrogen and oxygen atoms in total. The van der Waals surface area contributed by atoms with Crippen molar-refractivity contribution < 1.29 is 8.78 Å². The molecule has 0 aliphatic heterocycles. The van der Waals surface area contributed by atoms with Gasteiger partial charge < -0.3 is 5.73 Å². The number of hydrogen-bond acceptors (Lipinski definition) is 2. The molecular weight excluding hydrogens is 234 g/mol. The molecule has 0 spiro atoms. The Morgan fingerprint density at radius 1 is 1.22 bits per heavy atom. The molecule has 1 aromatic carbocycles. The third-order valence-electron chi connectivity index (χ3n) is 2.90. The number of pyridine rings is 1. The van der Waals surface area contributed by atoms with E-state index in [1.54, 1.807) is 6.20 Å². The van der Waals surface area contributed by atoms with Gasteiger partial charge >= 0.3 is 0 Å². The Bertz CT molecular complexity index is 555. The molecule has 1 aromatic heterocycles. The molecule has 0 radical (unpaired) electrons. The summed E-state index contributed by atoms with van der Waals surface area (Å²) in [6.07, 6.45) is 2.44. The molecule has 2 N–H and O–H groups in total. The van der Waals surface area contributed by atoms with Crippen LogP contribution in [0.15, 0.2) is 36.5 Å². The fourth-order valence-corrected chi connectivity index (χ4v) is 1.89. The summed E-state index contributed by atoms with van der Waals surface area (Å²) < 4.78 is 26.1. The van der Waals surface area contributed by atoms with Crippen molar-refractivity contribution in [1.82, 2.24) is 4.98 Å². The summed E-state index contributed by atoms with van der Waals surface area (Å²) in [5.74, 6) is -1.76. The first-order valence-corrected chi connectivity index (χ1v) is 5.77. The zero-order valence-corrected chi connectivity index (χ0v) is 10.0. The van der Waals surface area contributed by atoms with Gasteiger partial charge in [0.2, 0.25) is 0 Å². The van der Waals surface area contributed by atoms with Crippen LogP contribution in [-0.2, 0) is 6.42 Å². The van der Waals surface area contributed by atoms with E-state index in [0.717, 1.165) is 24.1 Å². The van der Waals surface area contributed by atoms with Crippen molar-refractivity contribution in [1.29, 1.82) is 0 Å². The van der Waals surface area contributed by atoms with E-state index < -0.39 is 17.7 Å². The van der Waals surface area contributed by atoms with E-state index in [1.807, 2.05) is 19.1 Å². The summed E-state index contributed by atoms with van der Waals surface area (Å²) in [5.41, 5.74) is 8.29. The fourth-order valence-electron chi connectivity index (χ4n) is 1.89. The quantitative estimate of drug-likeness (QED) is 0.907. The maximum Gasteiger partial charge on any atom is 0.159 e. The average Bonchev–Trinajstić information content (AvgIpc) is 2.41. The van der Waals surface area contributed by atoms with Gasteiger partial charge in [-0.15, -0.1) is 0 Å². The first-order chi connectivity index (χ1) is 8.63. The molecule has 0 saturated carbocycles. The van der Waals surface area contributed by atoms with E-state index in [0.29, 0.717) is 11.3 Å². The van der Waals surface area contributed by atoms with Gasteiger partial charge in [-0.1, -0.05) is 19.1 Å². The summed E-state index contributed by atoms with van der Waals surface area (Å²) >= 11 is 0. The lowest BCUT2D eigenvalue weighted by molar-refractivity contribution is 0.506. The van der Waals surface area contributed by atoms with Crippen molar-refractivity contribution >= 4 is 0 Å². The Morgan fingerprint density at radius 3 is 2.67 bits per heavy atom. The van der Waals surface area contributed by atoms with Crippen LogP contribution >= 0.6 is 0 Å². The fraction of sp³-hybridized carbons (Fsp3) is 0.214. The molecule has 0 saturated heterocycles. The number of aryl methyl sites for hydroxylation is 1. The first kappa shape index (κ1) is 12.6. The topological polar surface area (TPSA) is 38.9 Å². The van der Waals surface area contributed by atoms with E-state index in [2.05, 4.69) is 4.98 Å². The molecule has 1 atom stereocenters. The van der Waals surface area contributed by atoms with Gasteiger partial charge in [-0.3, -0.25) is 4.98 Å². The zero-order valence-electron chi connectivity index (χ0n) is 10.0. The molecule has 0 bridgehead atoms. The molecule has 0 aliphatic carbocycles. The molecule has 0 amide bonds. The molecule has 1 heterocycles. The van der Waals surface area contributed by atoms with Crippen molar-refractivity contribution in [3.63, 3.8) is 0 Å².